The van der Waals surface area contributed by atoms with Crippen LogP contribution in [0.1, 0.15) is 52.4 Å². The molecular formula is C13H21. The van der Waals surface area contributed by atoms with Gasteiger partial charge in [-0.15, -0.1) is 0 Å². The molecule has 73 valence electrons. The quantitative estimate of drug-likeness (QED) is 0.531. The second kappa shape index (κ2) is 6.01. The summed E-state index contributed by atoms with van der Waals surface area (Å²) < 4.78 is 0. The third kappa shape index (κ3) is 3.38. The molecule has 1 rings (SSSR count). The van der Waals surface area contributed by atoms with E-state index in [-0.39, 0.29) is 0 Å². The smallest absolute Gasteiger partial charge is 0.00884 e. The van der Waals surface area contributed by atoms with E-state index in [1.54, 1.807) is 0 Å². The zero-order chi connectivity index (χ0) is 9.52. The maximum atomic E-state index is 3.44. The molecule has 1 aliphatic rings. The minimum absolute atomic E-state index is 0.783. The van der Waals surface area contributed by atoms with Crippen molar-refractivity contribution in [1.29, 1.82) is 0 Å². The molecule has 0 N–H and O–H groups in total. The lowest BCUT2D eigenvalue weighted by atomic mass is 9.91. The van der Waals surface area contributed by atoms with Crippen molar-refractivity contribution >= 4 is 0 Å². The molecule has 0 aliphatic heterocycles. The molecule has 0 bridgehead atoms. The van der Waals surface area contributed by atoms with E-state index in [4.69, 9.17) is 0 Å². The van der Waals surface area contributed by atoms with Gasteiger partial charge in [-0.2, -0.15) is 0 Å². The highest BCUT2D eigenvalue weighted by atomic mass is 14.2. The van der Waals surface area contributed by atoms with Crippen molar-refractivity contribution in [3.8, 4) is 0 Å². The lowest BCUT2D eigenvalue weighted by molar-refractivity contribution is 0.511. The molecule has 0 spiro atoms. The van der Waals surface area contributed by atoms with Crippen LogP contribution >= 0.6 is 0 Å². The fourth-order valence-corrected chi connectivity index (χ4v) is 1.92. The van der Waals surface area contributed by atoms with Gasteiger partial charge in [0.25, 0.3) is 0 Å². The Morgan fingerprint density at radius 2 is 2.23 bits per heavy atom. The lowest BCUT2D eigenvalue weighted by Crippen LogP contribution is -2.00. The summed E-state index contributed by atoms with van der Waals surface area (Å²) in [4.78, 5) is 0. The fraction of sp³-hybridized carbons (Fsp3) is 0.692. The predicted molar refractivity (Wildman–Crippen MR) is 58.4 cm³/mol. The summed E-state index contributed by atoms with van der Waals surface area (Å²) in [5, 5.41) is 0. The van der Waals surface area contributed by atoms with Crippen LogP contribution in [0.15, 0.2) is 17.7 Å². The Morgan fingerprint density at radius 3 is 2.77 bits per heavy atom. The number of hydrogen-bond donors (Lipinski definition) is 0. The van der Waals surface area contributed by atoms with Crippen molar-refractivity contribution in [2.24, 2.45) is 5.92 Å². The highest BCUT2D eigenvalue weighted by Crippen LogP contribution is 2.25. The Labute approximate surface area is 82.7 Å². The van der Waals surface area contributed by atoms with E-state index in [0.29, 0.717) is 0 Å². The molecule has 0 fully saturated rings. The third-order valence-corrected chi connectivity index (χ3v) is 2.81. The first kappa shape index (κ1) is 10.6. The van der Waals surface area contributed by atoms with Crippen molar-refractivity contribution in [3.63, 3.8) is 0 Å². The van der Waals surface area contributed by atoms with Crippen LogP contribution in [0.25, 0.3) is 0 Å². The van der Waals surface area contributed by atoms with Crippen LogP contribution in [0, 0.1) is 12.0 Å². The molecule has 1 aliphatic carbocycles. The van der Waals surface area contributed by atoms with E-state index in [1.807, 2.05) is 0 Å². The second-order valence-corrected chi connectivity index (χ2v) is 3.84. The van der Waals surface area contributed by atoms with Gasteiger partial charge in [0.1, 0.15) is 0 Å². The zero-order valence-electron chi connectivity index (χ0n) is 8.97. The normalized spacial score (nSPS) is 17.5. The monoisotopic (exact) mass is 177 g/mol. The summed E-state index contributed by atoms with van der Waals surface area (Å²) in [6.07, 6.45) is 15.7. The molecule has 0 aromatic heterocycles. The fourth-order valence-electron chi connectivity index (χ4n) is 1.92. The summed E-state index contributed by atoms with van der Waals surface area (Å²) in [5.74, 6) is 0.783. The van der Waals surface area contributed by atoms with Crippen LogP contribution < -0.4 is 0 Å². The molecule has 0 heterocycles. The lowest BCUT2D eigenvalue weighted by Gasteiger charge is -2.14. The number of hydrogen-bond acceptors (Lipinski definition) is 0. The molecule has 0 amide bonds. The first-order valence-electron chi connectivity index (χ1n) is 5.65. The Kier molecular flexibility index (Phi) is 4.88. The number of unbranched alkanes of at least 4 members (excludes halogenated alkanes) is 2. The zero-order valence-corrected chi connectivity index (χ0v) is 8.97. The van der Waals surface area contributed by atoms with E-state index in [1.165, 1.54) is 37.7 Å². The van der Waals surface area contributed by atoms with E-state index in [0.717, 1.165) is 12.3 Å². The van der Waals surface area contributed by atoms with E-state index < -0.39 is 0 Å². The van der Waals surface area contributed by atoms with Gasteiger partial charge in [0.2, 0.25) is 0 Å². The van der Waals surface area contributed by atoms with Gasteiger partial charge in [0.15, 0.2) is 0 Å². The van der Waals surface area contributed by atoms with Crippen molar-refractivity contribution in [1.82, 2.24) is 0 Å². The molecule has 13 heavy (non-hydrogen) atoms. The molecule has 0 heteroatoms. The maximum Gasteiger partial charge on any atom is -0.00884 e. The minimum atomic E-state index is 0.783. The van der Waals surface area contributed by atoms with Crippen molar-refractivity contribution in [2.45, 2.75) is 52.4 Å². The van der Waals surface area contributed by atoms with Gasteiger partial charge in [-0.25, -0.2) is 0 Å². The van der Waals surface area contributed by atoms with Crippen LogP contribution in [0.4, 0.5) is 0 Å². The summed E-state index contributed by atoms with van der Waals surface area (Å²) >= 11 is 0. The predicted octanol–water partition coefficient (Wildman–Crippen LogP) is 4.28. The number of rotatable bonds is 6. The first-order chi connectivity index (χ1) is 6.38. The summed E-state index contributed by atoms with van der Waals surface area (Å²) in [5.41, 5.74) is 1.47. The Balaban J connectivity index is 2.30. The van der Waals surface area contributed by atoms with E-state index in [9.17, 15) is 0 Å². The molecule has 1 unspecified atom stereocenters. The SMILES string of the molecule is CCCCCC(CC)C1=[C]CC=C1. The van der Waals surface area contributed by atoms with Gasteiger partial charge in [0.05, 0.1) is 0 Å². The minimum Gasteiger partial charge on any atom is -0.0798 e. The maximum absolute atomic E-state index is 3.44. The largest absolute Gasteiger partial charge is 0.0798 e. The van der Waals surface area contributed by atoms with Gasteiger partial charge in [-0.05, 0) is 36.8 Å². The van der Waals surface area contributed by atoms with Crippen molar-refractivity contribution in [2.75, 3.05) is 0 Å². The second-order valence-electron chi connectivity index (χ2n) is 3.84. The van der Waals surface area contributed by atoms with E-state index >= 15 is 0 Å². The molecular weight excluding hydrogens is 156 g/mol. The molecule has 0 saturated carbocycles. The van der Waals surface area contributed by atoms with Crippen LogP contribution in [-0.2, 0) is 0 Å². The standard InChI is InChI=1S/C13H21/c1-3-5-6-9-12(4-2)13-10-7-8-11-13/h7,10,12H,3-6,8-9H2,1-2H3. The number of allylic oxidation sites excluding steroid dienone is 4. The molecule has 1 atom stereocenters. The van der Waals surface area contributed by atoms with Crippen LogP contribution in [0.5, 0.6) is 0 Å². The Hall–Kier alpha value is -0.520. The van der Waals surface area contributed by atoms with Crippen LogP contribution in [0.2, 0.25) is 0 Å². The Morgan fingerprint density at radius 1 is 1.38 bits per heavy atom. The van der Waals surface area contributed by atoms with Crippen LogP contribution in [-0.4, -0.2) is 0 Å². The van der Waals surface area contributed by atoms with Gasteiger partial charge < -0.3 is 0 Å². The summed E-state index contributed by atoms with van der Waals surface area (Å²) in [6.45, 7) is 4.55. The van der Waals surface area contributed by atoms with Gasteiger partial charge >= 0.3 is 0 Å². The van der Waals surface area contributed by atoms with Gasteiger partial charge in [0, 0.05) is 0 Å². The molecule has 0 nitrogen and oxygen atoms in total. The highest BCUT2D eigenvalue weighted by Gasteiger charge is 2.11. The van der Waals surface area contributed by atoms with Crippen molar-refractivity contribution in [3.05, 3.63) is 23.8 Å². The Bertz CT molecular complexity index is 186. The topological polar surface area (TPSA) is 0 Å². The molecule has 0 aromatic rings. The first-order valence-corrected chi connectivity index (χ1v) is 5.65. The van der Waals surface area contributed by atoms with Gasteiger partial charge in [-0.3, -0.25) is 0 Å². The van der Waals surface area contributed by atoms with Crippen molar-refractivity contribution < 1.29 is 0 Å². The average molecular weight is 177 g/mol. The van der Waals surface area contributed by atoms with Crippen LogP contribution in [0.3, 0.4) is 0 Å². The summed E-state index contributed by atoms with van der Waals surface area (Å²) in [7, 11) is 0. The molecule has 1 radical (unpaired) electrons. The van der Waals surface area contributed by atoms with Gasteiger partial charge in [-0.1, -0.05) is 45.3 Å². The molecule has 0 aromatic carbocycles. The molecule has 0 saturated heterocycles. The average Bonchev–Trinajstić information content (AvgIpc) is 2.65. The summed E-state index contributed by atoms with van der Waals surface area (Å²) in [6, 6.07) is 0. The third-order valence-electron chi connectivity index (χ3n) is 2.81. The van der Waals surface area contributed by atoms with E-state index in [2.05, 4.69) is 32.1 Å². The highest BCUT2D eigenvalue weighted by molar-refractivity contribution is 5.24.